The van der Waals surface area contributed by atoms with Crippen molar-refractivity contribution in [1.82, 2.24) is 15.5 Å². The lowest BCUT2D eigenvalue weighted by atomic mass is 10.0. The summed E-state index contributed by atoms with van der Waals surface area (Å²) in [6.07, 6.45) is 5.55. The number of hydrogen-bond acceptors (Lipinski definition) is 4. The molecule has 0 aliphatic carbocycles. The first-order valence-electron chi connectivity index (χ1n) is 11.3. The molecule has 0 saturated carbocycles. The van der Waals surface area contributed by atoms with Crippen LogP contribution in [0.2, 0.25) is 0 Å². The van der Waals surface area contributed by atoms with Gasteiger partial charge in [0.15, 0.2) is 5.96 Å². The summed E-state index contributed by atoms with van der Waals surface area (Å²) in [6, 6.07) is 11.1. The molecule has 0 spiro atoms. The highest BCUT2D eigenvalue weighted by Crippen LogP contribution is 2.14. The van der Waals surface area contributed by atoms with E-state index in [9.17, 15) is 4.39 Å². The summed E-state index contributed by atoms with van der Waals surface area (Å²) in [6.45, 7) is 7.89. The minimum absolute atomic E-state index is 0. The zero-order chi connectivity index (χ0) is 21.7. The van der Waals surface area contributed by atoms with Crippen molar-refractivity contribution >= 4 is 29.9 Å². The molecule has 0 atom stereocenters. The van der Waals surface area contributed by atoms with Crippen molar-refractivity contribution in [2.24, 2.45) is 4.99 Å². The first-order valence-corrected chi connectivity index (χ1v) is 11.3. The number of furan rings is 1. The summed E-state index contributed by atoms with van der Waals surface area (Å²) in [5, 5.41) is 7.05. The molecule has 32 heavy (non-hydrogen) atoms. The zero-order valence-electron chi connectivity index (χ0n) is 18.9. The van der Waals surface area contributed by atoms with Crippen LogP contribution in [-0.2, 0) is 17.7 Å². The Balaban J connectivity index is 0.00000363. The van der Waals surface area contributed by atoms with Crippen LogP contribution in [0.4, 0.5) is 4.39 Å². The third kappa shape index (κ3) is 9.87. The highest BCUT2D eigenvalue weighted by atomic mass is 127. The van der Waals surface area contributed by atoms with Gasteiger partial charge in [0.25, 0.3) is 0 Å². The van der Waals surface area contributed by atoms with E-state index in [-0.39, 0.29) is 29.8 Å². The van der Waals surface area contributed by atoms with Crippen molar-refractivity contribution in [2.75, 3.05) is 39.4 Å². The highest BCUT2D eigenvalue weighted by Gasteiger charge is 2.20. The third-order valence-corrected chi connectivity index (χ3v) is 5.41. The largest absolute Gasteiger partial charge is 0.469 e. The van der Waals surface area contributed by atoms with E-state index < -0.39 is 0 Å². The van der Waals surface area contributed by atoms with Gasteiger partial charge in [-0.25, -0.2) is 4.39 Å². The average Bonchev–Trinajstić information content (AvgIpc) is 3.30. The summed E-state index contributed by atoms with van der Waals surface area (Å²) in [4.78, 5) is 7.16. The predicted molar refractivity (Wildman–Crippen MR) is 137 cm³/mol. The van der Waals surface area contributed by atoms with Gasteiger partial charge in [0.2, 0.25) is 0 Å². The second-order valence-electron chi connectivity index (χ2n) is 7.86. The normalized spacial score (nSPS) is 15.4. The topological polar surface area (TPSA) is 62.0 Å². The Hall–Kier alpha value is -1.65. The first-order chi connectivity index (χ1) is 15.2. The zero-order valence-corrected chi connectivity index (χ0v) is 21.2. The van der Waals surface area contributed by atoms with Crippen LogP contribution in [0, 0.1) is 5.82 Å². The van der Waals surface area contributed by atoms with E-state index >= 15 is 0 Å². The number of guanidine groups is 1. The predicted octanol–water partition coefficient (Wildman–Crippen LogP) is 4.21. The molecule has 2 N–H and O–H groups in total. The van der Waals surface area contributed by atoms with Gasteiger partial charge in [0.05, 0.1) is 6.26 Å². The number of nitrogens with zero attached hydrogens (tertiary/aromatic N) is 2. The Labute approximate surface area is 208 Å². The van der Waals surface area contributed by atoms with Crippen LogP contribution in [0.5, 0.6) is 0 Å². The summed E-state index contributed by atoms with van der Waals surface area (Å²) in [5.41, 5.74) is 1.16. The molecule has 0 amide bonds. The van der Waals surface area contributed by atoms with Gasteiger partial charge in [0, 0.05) is 58.4 Å². The van der Waals surface area contributed by atoms with Crippen molar-refractivity contribution in [3.05, 3.63) is 59.8 Å². The van der Waals surface area contributed by atoms with E-state index in [4.69, 9.17) is 14.1 Å². The molecular formula is C24H36FIN4O2. The number of benzene rings is 1. The second kappa shape index (κ2) is 15.2. The Morgan fingerprint density at radius 2 is 2.00 bits per heavy atom. The average molecular weight is 558 g/mol. The second-order valence-corrected chi connectivity index (χ2v) is 7.86. The lowest BCUT2D eigenvalue weighted by molar-refractivity contribution is 0.146. The summed E-state index contributed by atoms with van der Waals surface area (Å²) in [5.74, 6) is 1.65. The molecule has 0 bridgehead atoms. The molecule has 1 aliphatic rings. The molecule has 2 heterocycles. The van der Waals surface area contributed by atoms with Crippen LogP contribution in [-0.4, -0.2) is 56.3 Å². The number of nitrogens with one attached hydrogen (secondary N) is 2. The quantitative estimate of drug-likeness (QED) is 0.187. The Morgan fingerprint density at radius 3 is 2.69 bits per heavy atom. The standard InChI is InChI=1S/C24H35FN4O2.HI/c1-2-30-17-4-13-26-24(27-14-10-23-5-3-18-31-23)28-22-11-15-29(16-12-22)19-20-6-8-21(25)9-7-20;/h3,5-9,18,22H,2,4,10-17,19H2,1H3,(H2,26,27,28);1H. The van der Waals surface area contributed by atoms with Gasteiger partial charge < -0.3 is 19.8 Å². The number of piperidine rings is 1. The number of rotatable bonds is 11. The van der Waals surface area contributed by atoms with Crippen LogP contribution in [0.25, 0.3) is 0 Å². The molecule has 2 aromatic rings. The van der Waals surface area contributed by atoms with E-state index in [1.807, 2.05) is 31.2 Å². The molecule has 1 aromatic heterocycles. The van der Waals surface area contributed by atoms with Gasteiger partial charge >= 0.3 is 0 Å². The van der Waals surface area contributed by atoms with Crippen molar-refractivity contribution in [3.8, 4) is 0 Å². The summed E-state index contributed by atoms with van der Waals surface area (Å²) < 4.78 is 23.9. The number of hydrogen-bond donors (Lipinski definition) is 2. The summed E-state index contributed by atoms with van der Waals surface area (Å²) >= 11 is 0. The molecule has 8 heteroatoms. The van der Waals surface area contributed by atoms with Crippen LogP contribution in [0.15, 0.2) is 52.1 Å². The summed E-state index contributed by atoms with van der Waals surface area (Å²) in [7, 11) is 0. The maximum absolute atomic E-state index is 13.1. The molecule has 3 rings (SSSR count). The highest BCUT2D eigenvalue weighted by molar-refractivity contribution is 14.0. The van der Waals surface area contributed by atoms with Gasteiger partial charge in [-0.1, -0.05) is 12.1 Å². The molecule has 178 valence electrons. The Bertz CT molecular complexity index is 763. The molecule has 0 radical (unpaired) electrons. The smallest absolute Gasteiger partial charge is 0.191 e. The fourth-order valence-corrected chi connectivity index (χ4v) is 3.69. The molecule has 0 unspecified atom stereocenters. The van der Waals surface area contributed by atoms with E-state index in [1.165, 1.54) is 12.1 Å². The monoisotopic (exact) mass is 558 g/mol. The van der Waals surface area contributed by atoms with Crippen LogP contribution in [0.1, 0.15) is 37.5 Å². The van der Waals surface area contributed by atoms with E-state index in [1.54, 1.807) is 6.26 Å². The Morgan fingerprint density at radius 1 is 1.22 bits per heavy atom. The molecule has 1 aliphatic heterocycles. The van der Waals surface area contributed by atoms with E-state index in [0.29, 0.717) is 6.04 Å². The van der Waals surface area contributed by atoms with Crippen LogP contribution in [0.3, 0.4) is 0 Å². The molecule has 1 fully saturated rings. The maximum atomic E-state index is 13.1. The number of ether oxygens (including phenoxy) is 1. The van der Waals surface area contributed by atoms with Crippen LogP contribution >= 0.6 is 24.0 Å². The van der Waals surface area contributed by atoms with Crippen molar-refractivity contribution in [2.45, 2.75) is 45.2 Å². The SMILES string of the molecule is CCOCCCN=C(NCCc1ccco1)NC1CCN(Cc2ccc(F)cc2)CC1.I. The van der Waals surface area contributed by atoms with Gasteiger partial charge in [-0.3, -0.25) is 9.89 Å². The number of aliphatic imine (C=N–C) groups is 1. The molecular weight excluding hydrogens is 522 g/mol. The first kappa shape index (κ1) is 26.6. The van der Waals surface area contributed by atoms with Crippen molar-refractivity contribution < 1.29 is 13.5 Å². The maximum Gasteiger partial charge on any atom is 0.191 e. The van der Waals surface area contributed by atoms with Crippen molar-refractivity contribution in [1.29, 1.82) is 0 Å². The fraction of sp³-hybridized carbons (Fsp3) is 0.542. The molecule has 1 aromatic carbocycles. The number of halogens is 2. The lowest BCUT2D eigenvalue weighted by Gasteiger charge is -2.33. The van der Waals surface area contributed by atoms with E-state index in [2.05, 4.69) is 15.5 Å². The van der Waals surface area contributed by atoms with Crippen LogP contribution < -0.4 is 10.6 Å². The molecule has 1 saturated heterocycles. The third-order valence-electron chi connectivity index (χ3n) is 5.41. The van der Waals surface area contributed by atoms with Gasteiger partial charge in [0.1, 0.15) is 11.6 Å². The minimum atomic E-state index is -0.181. The molecule has 6 nitrogen and oxygen atoms in total. The van der Waals surface area contributed by atoms with Gasteiger partial charge in [-0.15, -0.1) is 24.0 Å². The van der Waals surface area contributed by atoms with Gasteiger partial charge in [-0.2, -0.15) is 0 Å². The van der Waals surface area contributed by atoms with Crippen molar-refractivity contribution in [3.63, 3.8) is 0 Å². The fourth-order valence-electron chi connectivity index (χ4n) is 3.69. The lowest BCUT2D eigenvalue weighted by Crippen LogP contribution is -2.49. The minimum Gasteiger partial charge on any atom is -0.469 e. The number of likely N-dealkylation sites (tertiary alicyclic amines) is 1. The Kier molecular flexibility index (Phi) is 12.7. The van der Waals surface area contributed by atoms with Gasteiger partial charge in [-0.05, 0) is 56.0 Å². The van der Waals surface area contributed by atoms with E-state index in [0.717, 1.165) is 88.9 Å².